The SMILES string of the molecule is CCN(CC)C(CNC(=O)Nc1ccccc1F)CC(C)C. The summed E-state index contributed by atoms with van der Waals surface area (Å²) in [5, 5.41) is 5.40. The lowest BCUT2D eigenvalue weighted by molar-refractivity contribution is 0.186. The molecule has 1 rings (SSSR count). The predicted octanol–water partition coefficient (Wildman–Crippen LogP) is 3.70. The van der Waals surface area contributed by atoms with E-state index in [1.165, 1.54) is 6.07 Å². The van der Waals surface area contributed by atoms with Gasteiger partial charge >= 0.3 is 6.03 Å². The molecule has 4 nitrogen and oxygen atoms in total. The third-order valence-electron chi connectivity index (χ3n) is 3.69. The molecule has 124 valence electrons. The smallest absolute Gasteiger partial charge is 0.319 e. The molecule has 0 saturated carbocycles. The molecular formula is C17H28FN3O. The second-order valence-corrected chi connectivity index (χ2v) is 5.82. The van der Waals surface area contributed by atoms with E-state index in [1.54, 1.807) is 18.2 Å². The molecule has 0 bridgehead atoms. The zero-order chi connectivity index (χ0) is 16.5. The number of para-hydroxylation sites is 1. The molecule has 0 radical (unpaired) electrons. The third kappa shape index (κ3) is 6.02. The van der Waals surface area contributed by atoms with E-state index in [1.807, 2.05) is 0 Å². The number of benzene rings is 1. The van der Waals surface area contributed by atoms with Gasteiger partial charge in [0.1, 0.15) is 5.82 Å². The zero-order valence-corrected chi connectivity index (χ0v) is 14.0. The number of rotatable bonds is 8. The van der Waals surface area contributed by atoms with Crippen LogP contribution in [0, 0.1) is 11.7 Å². The number of carbonyl (C=O) groups is 1. The van der Waals surface area contributed by atoms with Crippen LogP contribution in [0.25, 0.3) is 0 Å². The van der Waals surface area contributed by atoms with Gasteiger partial charge in [-0.3, -0.25) is 4.90 Å². The molecule has 0 aromatic heterocycles. The van der Waals surface area contributed by atoms with Crippen LogP contribution in [0.2, 0.25) is 0 Å². The van der Waals surface area contributed by atoms with Gasteiger partial charge in [0.2, 0.25) is 0 Å². The first-order valence-corrected chi connectivity index (χ1v) is 8.01. The lowest BCUT2D eigenvalue weighted by atomic mass is 10.0. The summed E-state index contributed by atoms with van der Waals surface area (Å²) in [5.74, 6) is 0.127. The monoisotopic (exact) mass is 309 g/mol. The molecule has 2 amide bonds. The van der Waals surface area contributed by atoms with Crippen LogP contribution in [0.1, 0.15) is 34.1 Å². The Morgan fingerprint density at radius 2 is 1.86 bits per heavy atom. The second-order valence-electron chi connectivity index (χ2n) is 5.82. The van der Waals surface area contributed by atoms with Gasteiger partial charge in [0, 0.05) is 12.6 Å². The molecule has 0 heterocycles. The zero-order valence-electron chi connectivity index (χ0n) is 14.0. The number of nitrogens with one attached hydrogen (secondary N) is 2. The summed E-state index contributed by atoms with van der Waals surface area (Å²) in [6.07, 6.45) is 1.02. The molecule has 0 aliphatic carbocycles. The van der Waals surface area contributed by atoms with Crippen LogP contribution in [0.15, 0.2) is 24.3 Å². The summed E-state index contributed by atoms with van der Waals surface area (Å²) in [5.41, 5.74) is 0.197. The Labute approximate surface area is 133 Å². The van der Waals surface area contributed by atoms with Crippen LogP contribution in [-0.2, 0) is 0 Å². The molecule has 0 aliphatic heterocycles. The quantitative estimate of drug-likeness (QED) is 0.769. The number of hydrogen-bond donors (Lipinski definition) is 2. The van der Waals surface area contributed by atoms with Gasteiger partial charge in [0.25, 0.3) is 0 Å². The van der Waals surface area contributed by atoms with E-state index < -0.39 is 5.82 Å². The molecule has 1 aromatic carbocycles. The molecule has 1 unspecified atom stereocenters. The minimum Gasteiger partial charge on any atom is -0.336 e. The highest BCUT2D eigenvalue weighted by atomic mass is 19.1. The maximum absolute atomic E-state index is 13.5. The first kappa shape index (κ1) is 18.4. The summed E-state index contributed by atoms with van der Waals surface area (Å²) >= 11 is 0. The van der Waals surface area contributed by atoms with Crippen molar-refractivity contribution in [2.45, 2.75) is 40.2 Å². The highest BCUT2D eigenvalue weighted by Gasteiger charge is 2.18. The number of amides is 2. The number of nitrogens with zero attached hydrogens (tertiary/aromatic N) is 1. The van der Waals surface area contributed by atoms with Crippen LogP contribution in [0.5, 0.6) is 0 Å². The predicted molar refractivity (Wildman–Crippen MR) is 89.6 cm³/mol. The summed E-state index contributed by atoms with van der Waals surface area (Å²) in [7, 11) is 0. The maximum Gasteiger partial charge on any atom is 0.319 e. The van der Waals surface area contributed by atoms with E-state index in [0.29, 0.717) is 18.5 Å². The summed E-state index contributed by atoms with van der Waals surface area (Å²) < 4.78 is 13.5. The lowest BCUT2D eigenvalue weighted by Gasteiger charge is -2.31. The molecule has 2 N–H and O–H groups in total. The number of hydrogen-bond acceptors (Lipinski definition) is 2. The Hall–Kier alpha value is -1.62. The molecule has 0 saturated heterocycles. The van der Waals surface area contributed by atoms with Gasteiger partial charge in [-0.15, -0.1) is 0 Å². The van der Waals surface area contributed by atoms with Crippen molar-refractivity contribution in [3.8, 4) is 0 Å². The maximum atomic E-state index is 13.5. The fourth-order valence-electron chi connectivity index (χ4n) is 2.59. The first-order valence-electron chi connectivity index (χ1n) is 8.01. The van der Waals surface area contributed by atoms with Crippen molar-refractivity contribution >= 4 is 11.7 Å². The van der Waals surface area contributed by atoms with E-state index in [2.05, 4.69) is 43.2 Å². The lowest BCUT2D eigenvalue weighted by Crippen LogP contribution is -2.45. The minimum atomic E-state index is -0.430. The molecule has 0 fully saturated rings. The van der Waals surface area contributed by atoms with E-state index in [9.17, 15) is 9.18 Å². The van der Waals surface area contributed by atoms with Gasteiger partial charge in [0.05, 0.1) is 5.69 Å². The van der Waals surface area contributed by atoms with Crippen molar-refractivity contribution in [2.24, 2.45) is 5.92 Å². The first-order chi connectivity index (χ1) is 10.5. The summed E-state index contributed by atoms with van der Waals surface area (Å²) in [6.45, 7) is 11.0. The number of likely N-dealkylation sites (N-methyl/N-ethyl adjacent to an activating group) is 1. The van der Waals surface area contributed by atoms with E-state index in [-0.39, 0.29) is 11.7 Å². The van der Waals surface area contributed by atoms with E-state index in [4.69, 9.17) is 0 Å². The fraction of sp³-hybridized carbons (Fsp3) is 0.588. The van der Waals surface area contributed by atoms with Crippen LogP contribution < -0.4 is 10.6 Å². The Kier molecular flexibility index (Phi) is 7.88. The normalized spacial score (nSPS) is 12.5. The van der Waals surface area contributed by atoms with Crippen molar-refractivity contribution in [3.05, 3.63) is 30.1 Å². The van der Waals surface area contributed by atoms with Crippen LogP contribution in [0.4, 0.5) is 14.9 Å². The van der Waals surface area contributed by atoms with Crippen molar-refractivity contribution in [1.82, 2.24) is 10.2 Å². The van der Waals surface area contributed by atoms with Crippen molar-refractivity contribution in [3.63, 3.8) is 0 Å². The Morgan fingerprint density at radius 3 is 2.41 bits per heavy atom. The Bertz CT molecular complexity index is 461. The highest BCUT2D eigenvalue weighted by Crippen LogP contribution is 2.13. The fourth-order valence-corrected chi connectivity index (χ4v) is 2.59. The average Bonchev–Trinajstić information content (AvgIpc) is 2.47. The van der Waals surface area contributed by atoms with Crippen molar-refractivity contribution < 1.29 is 9.18 Å². The third-order valence-corrected chi connectivity index (χ3v) is 3.69. The number of carbonyl (C=O) groups excluding carboxylic acids is 1. The Morgan fingerprint density at radius 1 is 1.23 bits per heavy atom. The molecule has 22 heavy (non-hydrogen) atoms. The molecule has 0 spiro atoms. The number of anilines is 1. The van der Waals surface area contributed by atoms with Gasteiger partial charge in [-0.2, -0.15) is 0 Å². The number of halogens is 1. The van der Waals surface area contributed by atoms with E-state index >= 15 is 0 Å². The summed E-state index contributed by atoms with van der Waals surface area (Å²) in [6, 6.07) is 6.08. The standard InChI is InChI=1S/C17H28FN3O/c1-5-21(6-2)14(11-13(3)4)12-19-17(22)20-16-10-8-7-9-15(16)18/h7-10,13-14H,5-6,11-12H2,1-4H3,(H2,19,20,22). The van der Waals surface area contributed by atoms with Gasteiger partial charge < -0.3 is 10.6 Å². The van der Waals surface area contributed by atoms with Gasteiger partial charge in [-0.1, -0.05) is 39.8 Å². The second kappa shape index (κ2) is 9.41. The van der Waals surface area contributed by atoms with Crippen molar-refractivity contribution in [2.75, 3.05) is 25.0 Å². The highest BCUT2D eigenvalue weighted by molar-refractivity contribution is 5.89. The topological polar surface area (TPSA) is 44.4 Å². The van der Waals surface area contributed by atoms with Gasteiger partial charge in [-0.05, 0) is 37.6 Å². The Balaban J connectivity index is 2.56. The number of urea groups is 1. The van der Waals surface area contributed by atoms with Crippen LogP contribution >= 0.6 is 0 Å². The van der Waals surface area contributed by atoms with Crippen LogP contribution in [0.3, 0.4) is 0 Å². The van der Waals surface area contributed by atoms with E-state index in [0.717, 1.165) is 19.5 Å². The molecule has 5 heteroatoms. The molecule has 0 aliphatic rings. The summed E-state index contributed by atoms with van der Waals surface area (Å²) in [4.78, 5) is 14.3. The van der Waals surface area contributed by atoms with Gasteiger partial charge in [0.15, 0.2) is 0 Å². The van der Waals surface area contributed by atoms with Crippen LogP contribution in [-0.4, -0.2) is 36.6 Å². The molecule has 1 atom stereocenters. The van der Waals surface area contributed by atoms with Gasteiger partial charge in [-0.25, -0.2) is 9.18 Å². The minimum absolute atomic E-state index is 0.197. The molecular weight excluding hydrogens is 281 g/mol. The van der Waals surface area contributed by atoms with Crippen molar-refractivity contribution in [1.29, 1.82) is 0 Å². The average molecular weight is 309 g/mol. The largest absolute Gasteiger partial charge is 0.336 e. The molecule has 1 aromatic rings.